The van der Waals surface area contributed by atoms with Crippen LogP contribution < -0.4 is 4.74 Å². The SMILES string of the molecule is COc1ccc(CC(=O)N2CCC(n3c([C@@H]4CCCO4)nc4ccccc43)CC2)cc1. The molecule has 1 amide bonds. The number of hydrogen-bond acceptors (Lipinski definition) is 4. The maximum absolute atomic E-state index is 12.9. The van der Waals surface area contributed by atoms with E-state index in [-0.39, 0.29) is 12.0 Å². The Kier molecular flexibility index (Phi) is 5.64. The molecule has 3 heterocycles. The fraction of sp³-hybridized carbons (Fsp3) is 0.440. The molecule has 0 unspecified atom stereocenters. The molecule has 2 saturated heterocycles. The lowest BCUT2D eigenvalue weighted by Crippen LogP contribution is -2.40. The van der Waals surface area contributed by atoms with E-state index in [9.17, 15) is 4.79 Å². The number of amides is 1. The van der Waals surface area contributed by atoms with Gasteiger partial charge in [-0.1, -0.05) is 24.3 Å². The Labute approximate surface area is 182 Å². The molecule has 2 aliphatic heterocycles. The predicted molar refractivity (Wildman–Crippen MR) is 119 cm³/mol. The van der Waals surface area contributed by atoms with E-state index in [0.29, 0.717) is 12.5 Å². The van der Waals surface area contributed by atoms with Gasteiger partial charge < -0.3 is 18.9 Å². The summed E-state index contributed by atoms with van der Waals surface area (Å²) in [6, 6.07) is 16.4. The molecule has 0 bridgehead atoms. The van der Waals surface area contributed by atoms with Gasteiger partial charge in [0.15, 0.2) is 0 Å². The minimum Gasteiger partial charge on any atom is -0.497 e. The van der Waals surface area contributed by atoms with Crippen LogP contribution in [0.2, 0.25) is 0 Å². The predicted octanol–water partition coefficient (Wildman–Crippen LogP) is 4.30. The van der Waals surface area contributed by atoms with Gasteiger partial charge in [0.25, 0.3) is 0 Å². The number of imidazole rings is 1. The second-order valence-corrected chi connectivity index (χ2v) is 8.47. The summed E-state index contributed by atoms with van der Waals surface area (Å²) in [6.45, 7) is 2.36. The van der Waals surface area contributed by atoms with E-state index in [2.05, 4.69) is 22.8 Å². The van der Waals surface area contributed by atoms with Crippen LogP contribution in [0.25, 0.3) is 11.0 Å². The summed E-state index contributed by atoms with van der Waals surface area (Å²) >= 11 is 0. The lowest BCUT2D eigenvalue weighted by Gasteiger charge is -2.34. The molecule has 2 aliphatic rings. The molecule has 0 N–H and O–H groups in total. The molecule has 2 fully saturated rings. The molecule has 0 aliphatic carbocycles. The Morgan fingerprint density at radius 1 is 1.10 bits per heavy atom. The molecule has 1 atom stereocenters. The van der Waals surface area contributed by atoms with Crippen molar-refractivity contribution in [3.63, 3.8) is 0 Å². The largest absolute Gasteiger partial charge is 0.497 e. The summed E-state index contributed by atoms with van der Waals surface area (Å²) < 4.78 is 13.6. The van der Waals surface area contributed by atoms with Crippen LogP contribution in [0.15, 0.2) is 48.5 Å². The van der Waals surface area contributed by atoms with E-state index < -0.39 is 0 Å². The molecule has 2 aromatic carbocycles. The van der Waals surface area contributed by atoms with Crippen molar-refractivity contribution < 1.29 is 14.3 Å². The van der Waals surface area contributed by atoms with E-state index in [1.165, 1.54) is 5.52 Å². The minimum absolute atomic E-state index is 0.0853. The molecule has 0 radical (unpaired) electrons. The van der Waals surface area contributed by atoms with E-state index >= 15 is 0 Å². The number of carbonyl (C=O) groups is 1. The summed E-state index contributed by atoms with van der Waals surface area (Å²) in [5.41, 5.74) is 3.23. The van der Waals surface area contributed by atoms with Gasteiger partial charge in [0.2, 0.25) is 5.91 Å². The first kappa shape index (κ1) is 20.1. The number of ether oxygens (including phenoxy) is 2. The summed E-state index contributed by atoms with van der Waals surface area (Å²) in [5, 5.41) is 0. The minimum atomic E-state index is 0.0853. The maximum atomic E-state index is 12.9. The average molecular weight is 420 g/mol. The number of likely N-dealkylation sites (tertiary alicyclic amines) is 1. The highest BCUT2D eigenvalue weighted by atomic mass is 16.5. The highest BCUT2D eigenvalue weighted by molar-refractivity contribution is 5.79. The van der Waals surface area contributed by atoms with Gasteiger partial charge in [-0.2, -0.15) is 0 Å². The Hall–Kier alpha value is -2.86. The third kappa shape index (κ3) is 4.04. The first-order valence-electron chi connectivity index (χ1n) is 11.2. The third-order valence-corrected chi connectivity index (χ3v) is 6.54. The number of rotatable bonds is 5. The van der Waals surface area contributed by atoms with Crippen LogP contribution in [0.3, 0.4) is 0 Å². The molecule has 3 aromatic rings. The van der Waals surface area contributed by atoms with Crippen LogP contribution >= 0.6 is 0 Å². The number of nitrogens with zero attached hydrogens (tertiary/aromatic N) is 3. The molecular weight excluding hydrogens is 390 g/mol. The lowest BCUT2D eigenvalue weighted by atomic mass is 10.0. The monoisotopic (exact) mass is 419 g/mol. The van der Waals surface area contributed by atoms with Crippen LogP contribution in [0.4, 0.5) is 0 Å². The van der Waals surface area contributed by atoms with Gasteiger partial charge in [-0.05, 0) is 55.5 Å². The molecule has 6 heteroatoms. The van der Waals surface area contributed by atoms with E-state index in [0.717, 1.165) is 68.0 Å². The molecule has 6 nitrogen and oxygen atoms in total. The van der Waals surface area contributed by atoms with Crippen molar-refractivity contribution in [1.82, 2.24) is 14.5 Å². The Bertz CT molecular complexity index is 1050. The van der Waals surface area contributed by atoms with Crippen molar-refractivity contribution in [3.8, 4) is 5.75 Å². The quantitative estimate of drug-likeness (QED) is 0.619. The fourth-order valence-electron chi connectivity index (χ4n) is 4.86. The number of methoxy groups -OCH3 is 1. The molecular formula is C25H29N3O3. The molecule has 5 rings (SSSR count). The van der Waals surface area contributed by atoms with Gasteiger partial charge in [-0.3, -0.25) is 4.79 Å². The van der Waals surface area contributed by atoms with E-state index in [1.54, 1.807) is 7.11 Å². The van der Waals surface area contributed by atoms with Crippen molar-refractivity contribution in [2.75, 3.05) is 26.8 Å². The average Bonchev–Trinajstić information content (AvgIpc) is 3.47. The van der Waals surface area contributed by atoms with Gasteiger partial charge in [0.05, 0.1) is 24.6 Å². The van der Waals surface area contributed by atoms with E-state index in [4.69, 9.17) is 14.5 Å². The van der Waals surface area contributed by atoms with Crippen molar-refractivity contribution in [2.45, 2.75) is 44.2 Å². The maximum Gasteiger partial charge on any atom is 0.226 e. The number of fused-ring (bicyclic) bond motifs is 1. The van der Waals surface area contributed by atoms with Crippen LogP contribution in [0.5, 0.6) is 5.75 Å². The second-order valence-electron chi connectivity index (χ2n) is 8.47. The van der Waals surface area contributed by atoms with Crippen molar-refractivity contribution in [3.05, 3.63) is 59.9 Å². The first-order chi connectivity index (χ1) is 15.2. The lowest BCUT2D eigenvalue weighted by molar-refractivity contribution is -0.131. The van der Waals surface area contributed by atoms with Crippen LogP contribution in [-0.4, -0.2) is 47.2 Å². The smallest absolute Gasteiger partial charge is 0.226 e. The van der Waals surface area contributed by atoms with Crippen molar-refractivity contribution in [2.24, 2.45) is 0 Å². The Morgan fingerprint density at radius 2 is 1.87 bits per heavy atom. The zero-order chi connectivity index (χ0) is 21.2. The van der Waals surface area contributed by atoms with Crippen molar-refractivity contribution >= 4 is 16.9 Å². The number of carbonyl (C=O) groups excluding carboxylic acids is 1. The van der Waals surface area contributed by atoms with Crippen LogP contribution in [0.1, 0.15) is 49.2 Å². The van der Waals surface area contributed by atoms with Gasteiger partial charge in [0.1, 0.15) is 17.7 Å². The van der Waals surface area contributed by atoms with E-state index in [1.807, 2.05) is 35.2 Å². The van der Waals surface area contributed by atoms with Crippen molar-refractivity contribution in [1.29, 1.82) is 0 Å². The Morgan fingerprint density at radius 3 is 2.58 bits per heavy atom. The number of piperidine rings is 1. The van der Waals surface area contributed by atoms with Gasteiger partial charge in [-0.25, -0.2) is 4.98 Å². The van der Waals surface area contributed by atoms with Gasteiger partial charge in [-0.15, -0.1) is 0 Å². The summed E-state index contributed by atoms with van der Waals surface area (Å²) in [4.78, 5) is 19.8. The fourth-order valence-corrected chi connectivity index (χ4v) is 4.86. The zero-order valence-electron chi connectivity index (χ0n) is 18.0. The topological polar surface area (TPSA) is 56.6 Å². The summed E-state index contributed by atoms with van der Waals surface area (Å²) in [7, 11) is 1.65. The first-order valence-corrected chi connectivity index (χ1v) is 11.2. The molecule has 1 aromatic heterocycles. The molecule has 0 spiro atoms. The second kappa shape index (κ2) is 8.71. The highest BCUT2D eigenvalue weighted by Crippen LogP contribution is 2.35. The number of para-hydroxylation sites is 2. The Balaban J connectivity index is 1.29. The standard InChI is InChI=1S/C25H29N3O3/c1-30-20-10-8-18(9-11-20)17-24(29)27-14-12-19(13-15-27)28-22-6-3-2-5-21(22)26-25(28)23-7-4-16-31-23/h2-3,5-6,8-11,19,23H,4,7,12-17H2,1H3/t23-/m0/s1. The van der Waals surface area contributed by atoms with Gasteiger partial charge >= 0.3 is 0 Å². The molecule has 31 heavy (non-hydrogen) atoms. The number of aromatic nitrogens is 2. The van der Waals surface area contributed by atoms with Crippen LogP contribution in [-0.2, 0) is 16.0 Å². The zero-order valence-corrected chi connectivity index (χ0v) is 18.0. The summed E-state index contributed by atoms with van der Waals surface area (Å²) in [5.74, 6) is 2.06. The summed E-state index contributed by atoms with van der Waals surface area (Å²) in [6.07, 6.45) is 4.52. The van der Waals surface area contributed by atoms with Gasteiger partial charge in [0, 0.05) is 25.7 Å². The molecule has 0 saturated carbocycles. The number of hydrogen-bond donors (Lipinski definition) is 0. The molecule has 162 valence electrons. The third-order valence-electron chi connectivity index (χ3n) is 6.54. The van der Waals surface area contributed by atoms with Crippen LogP contribution in [0, 0.1) is 0 Å². The number of benzene rings is 2. The normalized spacial score (nSPS) is 19.8. The highest BCUT2D eigenvalue weighted by Gasteiger charge is 2.30.